The third-order valence-corrected chi connectivity index (χ3v) is 0. The number of hydrogen-bond acceptors (Lipinski definition) is 0. The van der Waals surface area contributed by atoms with E-state index in [0.29, 0.717) is 0 Å². The van der Waals surface area contributed by atoms with Crippen LogP contribution < -0.4 is 0 Å². The minimum absolute atomic E-state index is 0. The van der Waals surface area contributed by atoms with Gasteiger partial charge in [0.1, 0.15) is 0 Å². The van der Waals surface area contributed by atoms with Gasteiger partial charge < -0.3 is 0 Å². The Kier molecular flexibility index (Phi) is 190. The van der Waals surface area contributed by atoms with E-state index in [2.05, 4.69) is 0 Å². The van der Waals surface area contributed by atoms with Crippen LogP contribution in [-0.4, -0.2) is 78.2 Å². The standard InChI is InChI=1S/Al.Ca.Cu.Mg.Zn. The van der Waals surface area contributed by atoms with Crippen LogP contribution in [0.4, 0.5) is 0 Å². The Morgan fingerprint density at radius 2 is 1.00 bits per heavy atom. The molecule has 0 aliphatic rings. The van der Waals surface area contributed by atoms with E-state index in [-0.39, 0.29) is 115 Å². The molecule has 0 heterocycles. The molecular formula is AlCaCuMgZn. The van der Waals surface area contributed by atoms with Crippen LogP contribution in [0.2, 0.25) is 0 Å². The molecular weight excluding hydrogens is 220 g/mol. The first-order valence-corrected chi connectivity index (χ1v) is 0. The van der Waals surface area contributed by atoms with Crippen LogP contribution in [0.25, 0.3) is 0 Å². The molecule has 20 valence electrons. The van der Waals surface area contributed by atoms with Crippen molar-refractivity contribution in [3.63, 3.8) is 0 Å². The fraction of sp³-hybridized carbons (Fsp3) is 0. The number of hydrogen-bond donors (Lipinski definition) is 0. The SMILES string of the molecule is [Al].[Ca].[Cu].[Mg].[Zn]. The van der Waals surface area contributed by atoms with Gasteiger partial charge in [0, 0.05) is 115 Å². The number of rotatable bonds is 0. The third kappa shape index (κ3) is 18.3. The molecule has 5 heteroatoms. The summed E-state index contributed by atoms with van der Waals surface area (Å²) in [7, 11) is 0. The van der Waals surface area contributed by atoms with Gasteiger partial charge in [-0.3, -0.25) is 0 Å². The smallest absolute Gasteiger partial charge is 0 e. The van der Waals surface area contributed by atoms with Gasteiger partial charge in [0.25, 0.3) is 0 Å². The predicted octanol–water partition coefficient (Wildman–Crippen LogP) is -1.15. The second-order valence-electron chi connectivity index (χ2n) is 0. The normalized spacial score (nSPS) is 0. The first kappa shape index (κ1) is 37.7. The minimum atomic E-state index is 0. The summed E-state index contributed by atoms with van der Waals surface area (Å²) in [5.74, 6) is 0. The molecule has 0 saturated carbocycles. The van der Waals surface area contributed by atoms with Gasteiger partial charge in [-0.2, -0.15) is 0 Å². The molecule has 0 atom stereocenters. The van der Waals surface area contributed by atoms with Crippen molar-refractivity contribution in [3.05, 3.63) is 0 Å². The predicted molar refractivity (Wildman–Crippen MR) is 17.3 cm³/mol. The molecule has 0 aromatic heterocycles. The first-order chi connectivity index (χ1) is 0. The van der Waals surface area contributed by atoms with E-state index in [4.69, 9.17) is 0 Å². The Balaban J connectivity index is 0. The van der Waals surface area contributed by atoms with Crippen LogP contribution >= 0.6 is 0 Å². The van der Waals surface area contributed by atoms with E-state index in [1.807, 2.05) is 0 Å². The van der Waals surface area contributed by atoms with Crippen molar-refractivity contribution in [1.29, 1.82) is 0 Å². The van der Waals surface area contributed by atoms with Crippen molar-refractivity contribution in [2.45, 2.75) is 0 Å². The molecule has 0 aliphatic carbocycles. The molecule has 0 aliphatic heterocycles. The van der Waals surface area contributed by atoms with Crippen molar-refractivity contribution in [2.24, 2.45) is 0 Å². The fourth-order valence-electron chi connectivity index (χ4n) is 0. The van der Waals surface area contributed by atoms with Crippen LogP contribution in [0, 0.1) is 0 Å². The maximum Gasteiger partial charge on any atom is 0 e. The summed E-state index contributed by atoms with van der Waals surface area (Å²) < 4.78 is 0. The van der Waals surface area contributed by atoms with Crippen LogP contribution in [0.5, 0.6) is 0 Å². The zero-order valence-electron chi connectivity index (χ0n) is 3.00. The van der Waals surface area contributed by atoms with Gasteiger partial charge in [0.15, 0.2) is 0 Å². The van der Waals surface area contributed by atoms with Crippen LogP contribution in [0.3, 0.4) is 0 Å². The Bertz CT molecular complexity index is 11.6. The van der Waals surface area contributed by atoms with E-state index < -0.39 is 0 Å². The summed E-state index contributed by atoms with van der Waals surface area (Å²) in [4.78, 5) is 0. The largest absolute Gasteiger partial charge is 0 e. The van der Waals surface area contributed by atoms with Gasteiger partial charge in [-0.25, -0.2) is 0 Å². The summed E-state index contributed by atoms with van der Waals surface area (Å²) in [6, 6.07) is 0. The van der Waals surface area contributed by atoms with Gasteiger partial charge in [-0.05, 0) is 0 Å². The summed E-state index contributed by atoms with van der Waals surface area (Å²) in [6.07, 6.45) is 0. The Morgan fingerprint density at radius 1 is 1.00 bits per heavy atom. The monoisotopic (exact) mass is 218 g/mol. The summed E-state index contributed by atoms with van der Waals surface area (Å²) in [5.41, 5.74) is 0. The Labute approximate surface area is 112 Å². The van der Waals surface area contributed by atoms with Crippen LogP contribution in [0.1, 0.15) is 0 Å². The van der Waals surface area contributed by atoms with Crippen LogP contribution in [0.15, 0.2) is 0 Å². The quantitative estimate of drug-likeness (QED) is 0.452. The third-order valence-electron chi connectivity index (χ3n) is 0. The average Bonchev–Trinajstić information content (AvgIpc) is 0. The first-order valence-electron chi connectivity index (χ1n) is 0. The molecule has 0 rings (SSSR count). The fourth-order valence-corrected chi connectivity index (χ4v) is 0. The van der Waals surface area contributed by atoms with Gasteiger partial charge in [-0.15, -0.1) is 0 Å². The molecule has 0 amide bonds. The van der Waals surface area contributed by atoms with E-state index in [1.54, 1.807) is 0 Å². The van der Waals surface area contributed by atoms with E-state index >= 15 is 0 Å². The van der Waals surface area contributed by atoms with Gasteiger partial charge in [-0.1, -0.05) is 0 Å². The van der Waals surface area contributed by atoms with Crippen molar-refractivity contribution in [3.8, 4) is 0 Å². The Morgan fingerprint density at radius 3 is 1.00 bits per heavy atom. The molecule has 0 bridgehead atoms. The van der Waals surface area contributed by atoms with Crippen LogP contribution in [-0.2, 0) is 36.5 Å². The van der Waals surface area contributed by atoms with Gasteiger partial charge in [0.2, 0.25) is 0 Å². The zero-order valence-corrected chi connectivity index (χ0v) is 11.7. The second-order valence-corrected chi connectivity index (χ2v) is 0. The molecule has 0 N–H and O–H groups in total. The topological polar surface area (TPSA) is 0 Å². The summed E-state index contributed by atoms with van der Waals surface area (Å²) in [6.45, 7) is 0. The maximum absolute atomic E-state index is 0. The van der Waals surface area contributed by atoms with Gasteiger partial charge >= 0.3 is 0 Å². The molecule has 5 heavy (non-hydrogen) atoms. The zero-order chi connectivity index (χ0) is 0. The molecule has 8 radical (unpaired) electrons. The molecule has 0 nitrogen and oxygen atoms in total. The van der Waals surface area contributed by atoms with Gasteiger partial charge in [0.05, 0.1) is 0 Å². The molecule has 0 aromatic rings. The van der Waals surface area contributed by atoms with E-state index in [0.717, 1.165) is 0 Å². The summed E-state index contributed by atoms with van der Waals surface area (Å²) in [5, 5.41) is 0. The minimum Gasteiger partial charge on any atom is 0 e. The molecule has 0 spiro atoms. The van der Waals surface area contributed by atoms with Crippen molar-refractivity contribution in [1.82, 2.24) is 0 Å². The van der Waals surface area contributed by atoms with Crippen molar-refractivity contribution < 1.29 is 36.5 Å². The molecule has 0 unspecified atom stereocenters. The second kappa shape index (κ2) is 25.2. The van der Waals surface area contributed by atoms with E-state index in [1.165, 1.54) is 0 Å². The summed E-state index contributed by atoms with van der Waals surface area (Å²) >= 11 is 0. The average molecular weight is 220 g/mol. The van der Waals surface area contributed by atoms with E-state index in [9.17, 15) is 0 Å². The van der Waals surface area contributed by atoms with Crippen molar-refractivity contribution in [2.75, 3.05) is 0 Å². The molecule has 0 saturated heterocycles. The molecule has 0 fully saturated rings. The maximum atomic E-state index is 0. The Hall–Kier alpha value is 3.70. The molecule has 0 aromatic carbocycles. The van der Waals surface area contributed by atoms with Crippen molar-refractivity contribution >= 4 is 78.2 Å².